The molecule has 4 heteroatoms. The van der Waals surface area contributed by atoms with E-state index in [2.05, 4.69) is 38.8 Å². The smallest absolute Gasteiger partial charge is 0.172 e. The standard InChI is InChI=1S/C8H17NO2S/c1-6-4-7(9(2)3)5-8(10-6)11-12/h6-8,12H,4-5H2,1-3H3/t6-,7+,8+/m1/s1. The second-order valence-electron chi connectivity index (χ2n) is 3.57. The normalized spacial score (nSPS) is 37.2. The van der Waals surface area contributed by atoms with Gasteiger partial charge in [0.15, 0.2) is 6.29 Å². The topological polar surface area (TPSA) is 21.7 Å². The minimum atomic E-state index is -0.149. The van der Waals surface area contributed by atoms with Crippen LogP contribution in [0.3, 0.4) is 0 Å². The van der Waals surface area contributed by atoms with Gasteiger partial charge in [-0.05, 0) is 40.3 Å². The molecule has 0 radical (unpaired) electrons. The molecule has 1 aliphatic rings. The second kappa shape index (κ2) is 4.46. The molecule has 0 aliphatic carbocycles. The summed E-state index contributed by atoms with van der Waals surface area (Å²) in [5.41, 5.74) is 0. The zero-order valence-corrected chi connectivity index (χ0v) is 8.75. The van der Waals surface area contributed by atoms with Gasteiger partial charge in [-0.15, -0.1) is 0 Å². The predicted octanol–water partition coefficient (Wildman–Crippen LogP) is 1.30. The molecule has 1 heterocycles. The van der Waals surface area contributed by atoms with E-state index in [-0.39, 0.29) is 12.4 Å². The molecule has 3 nitrogen and oxygen atoms in total. The van der Waals surface area contributed by atoms with Crippen LogP contribution in [0.5, 0.6) is 0 Å². The zero-order chi connectivity index (χ0) is 9.14. The van der Waals surface area contributed by atoms with Crippen molar-refractivity contribution in [3.05, 3.63) is 0 Å². The number of nitrogens with zero attached hydrogens (tertiary/aromatic N) is 1. The van der Waals surface area contributed by atoms with E-state index in [0.717, 1.165) is 12.8 Å². The fourth-order valence-electron chi connectivity index (χ4n) is 1.56. The minimum absolute atomic E-state index is 0.149. The van der Waals surface area contributed by atoms with Crippen molar-refractivity contribution in [3.63, 3.8) is 0 Å². The largest absolute Gasteiger partial charge is 0.349 e. The summed E-state index contributed by atoms with van der Waals surface area (Å²) in [6, 6.07) is 0.547. The van der Waals surface area contributed by atoms with Crippen molar-refractivity contribution in [2.24, 2.45) is 0 Å². The summed E-state index contributed by atoms with van der Waals surface area (Å²) in [6.07, 6.45) is 2.09. The highest BCUT2D eigenvalue weighted by Gasteiger charge is 2.28. The Balaban J connectivity index is 2.45. The Kier molecular flexibility index (Phi) is 3.83. The van der Waals surface area contributed by atoms with Gasteiger partial charge in [-0.1, -0.05) is 0 Å². The highest BCUT2D eigenvalue weighted by atomic mass is 32.1. The van der Waals surface area contributed by atoms with Gasteiger partial charge in [0, 0.05) is 12.5 Å². The molecule has 0 amide bonds. The predicted molar refractivity (Wildman–Crippen MR) is 51.1 cm³/mol. The van der Waals surface area contributed by atoms with Crippen LogP contribution < -0.4 is 0 Å². The van der Waals surface area contributed by atoms with Crippen molar-refractivity contribution in [3.8, 4) is 0 Å². The highest BCUT2D eigenvalue weighted by Crippen LogP contribution is 2.23. The maximum Gasteiger partial charge on any atom is 0.172 e. The lowest BCUT2D eigenvalue weighted by molar-refractivity contribution is -0.149. The first-order valence-electron chi connectivity index (χ1n) is 4.25. The molecule has 3 atom stereocenters. The van der Waals surface area contributed by atoms with Crippen LogP contribution in [-0.2, 0) is 8.92 Å². The maximum atomic E-state index is 5.49. The molecular formula is C8H17NO2S. The van der Waals surface area contributed by atoms with Crippen LogP contribution in [0.15, 0.2) is 0 Å². The lowest BCUT2D eigenvalue weighted by Gasteiger charge is -2.35. The summed E-state index contributed by atoms with van der Waals surface area (Å²) in [7, 11) is 4.16. The molecule has 1 fully saturated rings. The summed E-state index contributed by atoms with van der Waals surface area (Å²) < 4.78 is 10.4. The number of hydrogen-bond donors (Lipinski definition) is 1. The average molecular weight is 191 g/mol. The fraction of sp³-hybridized carbons (Fsp3) is 1.00. The van der Waals surface area contributed by atoms with Crippen molar-refractivity contribution >= 4 is 12.9 Å². The van der Waals surface area contributed by atoms with Gasteiger partial charge in [0.25, 0.3) is 0 Å². The minimum Gasteiger partial charge on any atom is -0.349 e. The molecule has 0 aromatic heterocycles. The third-order valence-electron chi connectivity index (χ3n) is 2.30. The Morgan fingerprint density at radius 1 is 1.42 bits per heavy atom. The van der Waals surface area contributed by atoms with Gasteiger partial charge >= 0.3 is 0 Å². The highest BCUT2D eigenvalue weighted by molar-refractivity contribution is 7.75. The van der Waals surface area contributed by atoms with Gasteiger partial charge < -0.3 is 9.64 Å². The van der Waals surface area contributed by atoms with Crippen LogP contribution >= 0.6 is 12.9 Å². The molecule has 1 aliphatic heterocycles. The first-order valence-corrected chi connectivity index (χ1v) is 4.62. The van der Waals surface area contributed by atoms with Crippen LogP contribution in [0.25, 0.3) is 0 Å². The van der Waals surface area contributed by atoms with Crippen LogP contribution in [0.4, 0.5) is 0 Å². The van der Waals surface area contributed by atoms with E-state index in [0.29, 0.717) is 6.04 Å². The molecule has 1 saturated heterocycles. The monoisotopic (exact) mass is 191 g/mol. The molecule has 0 bridgehead atoms. The van der Waals surface area contributed by atoms with E-state index < -0.39 is 0 Å². The number of thiol groups is 1. The van der Waals surface area contributed by atoms with Crippen LogP contribution in [0.2, 0.25) is 0 Å². The van der Waals surface area contributed by atoms with Crippen molar-refractivity contribution in [2.45, 2.75) is 38.2 Å². The second-order valence-corrected chi connectivity index (χ2v) is 3.78. The van der Waals surface area contributed by atoms with Crippen LogP contribution in [0.1, 0.15) is 19.8 Å². The third-order valence-corrected chi connectivity index (χ3v) is 2.54. The summed E-state index contributed by atoms with van der Waals surface area (Å²) in [6.45, 7) is 2.06. The van der Waals surface area contributed by atoms with E-state index in [9.17, 15) is 0 Å². The van der Waals surface area contributed by atoms with Gasteiger partial charge in [-0.2, -0.15) is 0 Å². The van der Waals surface area contributed by atoms with Gasteiger partial charge in [0.05, 0.1) is 6.10 Å². The average Bonchev–Trinajstić information content (AvgIpc) is 2.03. The van der Waals surface area contributed by atoms with Gasteiger partial charge in [-0.25, -0.2) is 0 Å². The lowest BCUT2D eigenvalue weighted by Crippen LogP contribution is -2.41. The Hall–Kier alpha value is 0.230. The van der Waals surface area contributed by atoms with Gasteiger partial charge in [0.2, 0.25) is 0 Å². The lowest BCUT2D eigenvalue weighted by atomic mass is 10.0. The number of rotatable bonds is 2. The Bertz CT molecular complexity index is 143. The molecule has 0 aromatic carbocycles. The van der Waals surface area contributed by atoms with E-state index in [1.165, 1.54) is 0 Å². The Labute approximate surface area is 79.6 Å². The molecule has 0 saturated carbocycles. The summed E-state index contributed by atoms with van der Waals surface area (Å²) in [5, 5.41) is 0. The molecule has 1 rings (SSSR count). The van der Waals surface area contributed by atoms with Crippen molar-refractivity contribution in [2.75, 3.05) is 14.1 Å². The molecular weight excluding hydrogens is 174 g/mol. The first-order chi connectivity index (χ1) is 5.63. The van der Waals surface area contributed by atoms with Crippen molar-refractivity contribution < 1.29 is 8.92 Å². The molecule has 0 aromatic rings. The summed E-state index contributed by atoms with van der Waals surface area (Å²) in [5.74, 6) is 0. The zero-order valence-electron chi connectivity index (χ0n) is 7.86. The van der Waals surface area contributed by atoms with E-state index in [1.807, 2.05) is 0 Å². The maximum absolute atomic E-state index is 5.49. The Morgan fingerprint density at radius 2 is 2.08 bits per heavy atom. The molecule has 0 spiro atoms. The summed E-state index contributed by atoms with van der Waals surface area (Å²) >= 11 is 3.77. The van der Waals surface area contributed by atoms with Gasteiger partial charge in [0.1, 0.15) is 0 Å². The summed E-state index contributed by atoms with van der Waals surface area (Å²) in [4.78, 5) is 2.21. The molecule has 0 unspecified atom stereocenters. The molecule has 72 valence electrons. The molecule has 12 heavy (non-hydrogen) atoms. The van der Waals surface area contributed by atoms with Crippen LogP contribution in [0, 0.1) is 0 Å². The first kappa shape index (κ1) is 10.3. The van der Waals surface area contributed by atoms with E-state index >= 15 is 0 Å². The molecule has 0 N–H and O–H groups in total. The van der Waals surface area contributed by atoms with Crippen molar-refractivity contribution in [1.82, 2.24) is 4.90 Å². The number of ether oxygens (including phenoxy) is 1. The van der Waals surface area contributed by atoms with E-state index in [1.54, 1.807) is 0 Å². The van der Waals surface area contributed by atoms with Crippen molar-refractivity contribution in [1.29, 1.82) is 0 Å². The van der Waals surface area contributed by atoms with Crippen LogP contribution in [-0.4, -0.2) is 37.4 Å². The third kappa shape index (κ3) is 2.62. The quantitative estimate of drug-likeness (QED) is 0.525. The fourth-order valence-corrected chi connectivity index (χ4v) is 1.70. The Morgan fingerprint density at radius 3 is 2.58 bits per heavy atom. The number of hydrogen-bond acceptors (Lipinski definition) is 4. The SMILES string of the molecule is C[C@@H]1C[C@H](N(C)C)C[C@H](OS)O1. The van der Waals surface area contributed by atoms with E-state index in [4.69, 9.17) is 8.92 Å². The van der Waals surface area contributed by atoms with Gasteiger partial charge in [-0.3, -0.25) is 4.18 Å².